The summed E-state index contributed by atoms with van der Waals surface area (Å²) in [5, 5.41) is 15.2. The number of thiophene rings is 1. The lowest BCUT2D eigenvalue weighted by molar-refractivity contribution is -0.113. The van der Waals surface area contributed by atoms with Crippen LogP contribution in [0.1, 0.15) is 34.6 Å². The van der Waals surface area contributed by atoms with E-state index < -0.39 is 5.97 Å². The molecular formula is C17H24N4O4S3. The monoisotopic (exact) mass is 444 g/mol. The molecule has 0 saturated carbocycles. The number of methoxy groups -OCH3 is 1. The Kier molecular flexibility index (Phi) is 9.16. The van der Waals surface area contributed by atoms with Crippen LogP contribution in [0.2, 0.25) is 0 Å². The van der Waals surface area contributed by atoms with Gasteiger partial charge in [-0.25, -0.2) is 4.79 Å². The number of carbonyl (C=O) groups is 2. The zero-order valence-corrected chi connectivity index (χ0v) is 18.7. The van der Waals surface area contributed by atoms with Crippen LogP contribution in [0.15, 0.2) is 4.34 Å². The van der Waals surface area contributed by atoms with E-state index in [0.29, 0.717) is 39.6 Å². The topological polar surface area (TPSA) is 102 Å². The lowest BCUT2D eigenvalue weighted by Gasteiger charge is -2.07. The van der Waals surface area contributed by atoms with Gasteiger partial charge >= 0.3 is 5.97 Å². The molecular weight excluding hydrogens is 420 g/mol. The molecule has 0 bridgehead atoms. The van der Waals surface area contributed by atoms with Gasteiger partial charge in [-0.05, 0) is 25.8 Å². The molecule has 0 saturated heterocycles. The molecule has 28 heavy (non-hydrogen) atoms. The Morgan fingerprint density at radius 3 is 2.68 bits per heavy atom. The van der Waals surface area contributed by atoms with Gasteiger partial charge in [0.1, 0.15) is 5.00 Å². The van der Waals surface area contributed by atoms with Crippen molar-refractivity contribution in [3.05, 3.63) is 16.0 Å². The smallest absolute Gasteiger partial charge is 0.341 e. The van der Waals surface area contributed by atoms with Crippen molar-refractivity contribution in [3.8, 4) is 0 Å². The highest BCUT2D eigenvalue weighted by Crippen LogP contribution is 2.34. The summed E-state index contributed by atoms with van der Waals surface area (Å²) >= 11 is 4.07. The highest BCUT2D eigenvalue weighted by molar-refractivity contribution is 8.01. The van der Waals surface area contributed by atoms with Crippen LogP contribution in [-0.4, -0.2) is 54.7 Å². The number of anilines is 2. The third-order valence-corrected chi connectivity index (χ3v) is 6.69. The predicted molar refractivity (Wildman–Crippen MR) is 114 cm³/mol. The highest BCUT2D eigenvalue weighted by atomic mass is 32.2. The van der Waals surface area contributed by atoms with E-state index in [1.54, 1.807) is 14.0 Å². The molecule has 154 valence electrons. The minimum Gasteiger partial charge on any atom is -0.462 e. The van der Waals surface area contributed by atoms with Gasteiger partial charge in [-0.15, -0.1) is 21.5 Å². The third-order valence-electron chi connectivity index (χ3n) is 3.61. The van der Waals surface area contributed by atoms with Crippen molar-refractivity contribution in [3.63, 3.8) is 0 Å². The normalized spacial score (nSPS) is 10.7. The Hall–Kier alpha value is -1.69. The maximum absolute atomic E-state index is 12.4. The van der Waals surface area contributed by atoms with Crippen molar-refractivity contribution in [1.29, 1.82) is 0 Å². The Morgan fingerprint density at radius 1 is 1.21 bits per heavy atom. The van der Waals surface area contributed by atoms with Gasteiger partial charge in [0.2, 0.25) is 11.0 Å². The van der Waals surface area contributed by atoms with E-state index in [9.17, 15) is 9.59 Å². The summed E-state index contributed by atoms with van der Waals surface area (Å²) in [6.07, 6.45) is 0.699. The van der Waals surface area contributed by atoms with Gasteiger partial charge in [-0.3, -0.25) is 4.79 Å². The summed E-state index contributed by atoms with van der Waals surface area (Å²) in [5.74, 6) is -0.431. The van der Waals surface area contributed by atoms with Crippen LogP contribution in [0.3, 0.4) is 0 Å². The number of aryl methyl sites for hydroxylation is 1. The standard InChI is InChI=1S/C17H24N4O4S3/c1-5-11-10(3)27-14(13(11)15(23)25-6-2)19-12(22)9-26-17-21-20-16(28-17)18-7-8-24-4/h5-9H2,1-4H3,(H,18,20)(H,19,22). The Balaban J connectivity index is 1.97. The van der Waals surface area contributed by atoms with E-state index in [2.05, 4.69) is 20.8 Å². The van der Waals surface area contributed by atoms with Gasteiger partial charge in [-0.2, -0.15) is 0 Å². The summed E-state index contributed by atoms with van der Waals surface area (Å²) < 4.78 is 10.8. The molecule has 0 aromatic carbocycles. The summed E-state index contributed by atoms with van der Waals surface area (Å²) in [5.41, 5.74) is 1.38. The predicted octanol–water partition coefficient (Wildman–Crippen LogP) is 3.44. The molecule has 0 atom stereocenters. The van der Waals surface area contributed by atoms with E-state index >= 15 is 0 Å². The van der Waals surface area contributed by atoms with Crippen molar-refractivity contribution in [2.24, 2.45) is 0 Å². The molecule has 11 heteroatoms. The number of amides is 1. The number of aromatic nitrogens is 2. The number of rotatable bonds is 11. The molecule has 0 fully saturated rings. The van der Waals surface area contributed by atoms with Crippen LogP contribution in [0, 0.1) is 6.92 Å². The second kappa shape index (κ2) is 11.3. The quantitative estimate of drug-likeness (QED) is 0.309. The van der Waals surface area contributed by atoms with Gasteiger partial charge in [0, 0.05) is 18.5 Å². The number of carbonyl (C=O) groups excluding carboxylic acids is 2. The van der Waals surface area contributed by atoms with Crippen LogP contribution in [0.25, 0.3) is 0 Å². The van der Waals surface area contributed by atoms with E-state index in [0.717, 1.165) is 10.4 Å². The SMILES string of the molecule is CCOC(=O)c1c(NC(=O)CSc2nnc(NCCOC)s2)sc(C)c1CC. The molecule has 0 aliphatic rings. The fourth-order valence-corrected chi connectivity index (χ4v) is 5.13. The molecule has 2 aromatic heterocycles. The van der Waals surface area contributed by atoms with E-state index in [4.69, 9.17) is 9.47 Å². The van der Waals surface area contributed by atoms with Crippen molar-refractivity contribution in [1.82, 2.24) is 10.2 Å². The maximum atomic E-state index is 12.4. The van der Waals surface area contributed by atoms with Crippen molar-refractivity contribution in [2.45, 2.75) is 31.5 Å². The number of esters is 1. The van der Waals surface area contributed by atoms with Gasteiger partial charge in [0.25, 0.3) is 0 Å². The fourth-order valence-electron chi connectivity index (χ4n) is 2.40. The molecule has 2 heterocycles. The zero-order chi connectivity index (χ0) is 20.5. The molecule has 8 nitrogen and oxygen atoms in total. The lowest BCUT2D eigenvalue weighted by atomic mass is 10.1. The van der Waals surface area contributed by atoms with Crippen molar-refractivity contribution < 1.29 is 19.1 Å². The lowest BCUT2D eigenvalue weighted by Crippen LogP contribution is -2.16. The molecule has 2 aromatic rings. The first-order chi connectivity index (χ1) is 13.5. The molecule has 0 radical (unpaired) electrons. The van der Waals surface area contributed by atoms with E-state index in [1.807, 2.05) is 13.8 Å². The van der Waals surface area contributed by atoms with Crippen LogP contribution in [0.5, 0.6) is 0 Å². The average molecular weight is 445 g/mol. The van der Waals surface area contributed by atoms with Gasteiger partial charge in [0.15, 0.2) is 4.34 Å². The zero-order valence-electron chi connectivity index (χ0n) is 16.3. The molecule has 0 aliphatic heterocycles. The molecule has 1 amide bonds. The summed E-state index contributed by atoms with van der Waals surface area (Å²) in [4.78, 5) is 25.7. The van der Waals surface area contributed by atoms with E-state index in [1.165, 1.54) is 34.4 Å². The second-order valence-corrected chi connectivity index (χ2v) is 8.97. The Morgan fingerprint density at radius 2 is 2.00 bits per heavy atom. The van der Waals surface area contributed by atoms with Crippen LogP contribution >= 0.6 is 34.4 Å². The van der Waals surface area contributed by atoms with Crippen LogP contribution < -0.4 is 10.6 Å². The number of hydrogen-bond donors (Lipinski definition) is 2. The minimum atomic E-state index is -0.400. The summed E-state index contributed by atoms with van der Waals surface area (Å²) in [6, 6.07) is 0. The second-order valence-electron chi connectivity index (χ2n) is 5.54. The first-order valence-corrected chi connectivity index (χ1v) is 11.4. The van der Waals surface area contributed by atoms with Crippen LogP contribution in [0.4, 0.5) is 10.1 Å². The average Bonchev–Trinajstić information content (AvgIpc) is 3.24. The first kappa shape index (κ1) is 22.6. The van der Waals surface area contributed by atoms with Crippen LogP contribution in [-0.2, 0) is 20.7 Å². The molecule has 0 unspecified atom stereocenters. The molecule has 0 aliphatic carbocycles. The Bertz CT molecular complexity index is 806. The first-order valence-electron chi connectivity index (χ1n) is 8.78. The number of nitrogens with one attached hydrogen (secondary N) is 2. The summed E-state index contributed by atoms with van der Waals surface area (Å²) in [7, 11) is 1.63. The van der Waals surface area contributed by atoms with Gasteiger partial charge in [-0.1, -0.05) is 30.0 Å². The molecule has 2 N–H and O–H groups in total. The highest BCUT2D eigenvalue weighted by Gasteiger charge is 2.23. The van der Waals surface area contributed by atoms with Gasteiger partial charge < -0.3 is 20.1 Å². The molecule has 0 spiro atoms. The number of thioether (sulfide) groups is 1. The van der Waals surface area contributed by atoms with E-state index in [-0.39, 0.29) is 18.3 Å². The number of ether oxygens (including phenoxy) is 2. The van der Waals surface area contributed by atoms with Crippen molar-refractivity contribution in [2.75, 3.05) is 43.3 Å². The largest absolute Gasteiger partial charge is 0.462 e. The summed E-state index contributed by atoms with van der Waals surface area (Å²) in [6.45, 7) is 7.19. The number of nitrogens with zero attached hydrogens (tertiary/aromatic N) is 2. The maximum Gasteiger partial charge on any atom is 0.341 e. The number of hydrogen-bond acceptors (Lipinski definition) is 10. The fraction of sp³-hybridized carbons (Fsp3) is 0.529. The van der Waals surface area contributed by atoms with Gasteiger partial charge in [0.05, 0.1) is 24.5 Å². The third kappa shape index (κ3) is 6.16. The van der Waals surface area contributed by atoms with Crippen molar-refractivity contribution >= 4 is 56.4 Å². The minimum absolute atomic E-state index is 0.174. The molecule has 2 rings (SSSR count). The Labute approximate surface area is 176 Å².